The second kappa shape index (κ2) is 9.89. The molecule has 8 nitrogen and oxygen atoms in total. The third kappa shape index (κ3) is 5.07. The molecular formula is C28H26F5N5O3. The lowest BCUT2D eigenvalue weighted by molar-refractivity contribution is -0.185. The summed E-state index contributed by atoms with van der Waals surface area (Å²) in [6, 6.07) is 8.32. The number of pyridine rings is 1. The number of carbonyl (C=O) groups excluding carboxylic acids is 1. The molecular weight excluding hydrogens is 549 g/mol. The van der Waals surface area contributed by atoms with E-state index in [9.17, 15) is 23.1 Å². The molecule has 1 N–H and O–H groups in total. The van der Waals surface area contributed by atoms with Gasteiger partial charge in [-0.2, -0.15) is 13.2 Å². The summed E-state index contributed by atoms with van der Waals surface area (Å²) in [5, 5.41) is 9.68. The van der Waals surface area contributed by atoms with Gasteiger partial charge in [0.05, 0.1) is 18.5 Å². The summed E-state index contributed by atoms with van der Waals surface area (Å²) in [6.07, 6.45) is -2.07. The van der Waals surface area contributed by atoms with Gasteiger partial charge in [-0.15, -0.1) is 0 Å². The van der Waals surface area contributed by atoms with Gasteiger partial charge < -0.3 is 19.6 Å². The maximum absolute atomic E-state index is 15.6. The van der Waals surface area contributed by atoms with Crippen molar-refractivity contribution in [3.05, 3.63) is 65.9 Å². The van der Waals surface area contributed by atoms with Crippen LogP contribution in [0.4, 0.5) is 27.8 Å². The van der Waals surface area contributed by atoms with Crippen molar-refractivity contribution in [1.82, 2.24) is 19.9 Å². The number of benzene rings is 1. The van der Waals surface area contributed by atoms with Gasteiger partial charge in [0.2, 0.25) is 0 Å². The van der Waals surface area contributed by atoms with Crippen molar-refractivity contribution in [3.63, 3.8) is 0 Å². The number of hydrogen-bond donors (Lipinski definition) is 1. The minimum atomic E-state index is -4.61. The Hall–Kier alpha value is -3.87. The van der Waals surface area contributed by atoms with Crippen molar-refractivity contribution in [3.8, 4) is 16.9 Å². The van der Waals surface area contributed by atoms with Crippen LogP contribution in [-0.4, -0.2) is 74.7 Å². The summed E-state index contributed by atoms with van der Waals surface area (Å²) < 4.78 is 75.6. The van der Waals surface area contributed by atoms with E-state index in [1.807, 2.05) is 0 Å². The fourth-order valence-corrected chi connectivity index (χ4v) is 5.66. The average Bonchev–Trinajstić information content (AvgIpc) is 3.39. The van der Waals surface area contributed by atoms with Crippen molar-refractivity contribution in [1.29, 1.82) is 0 Å². The molecule has 1 atom stereocenters. The number of piperidine rings is 1. The van der Waals surface area contributed by atoms with Gasteiger partial charge in [0.25, 0.3) is 11.8 Å². The van der Waals surface area contributed by atoms with Crippen LogP contribution in [0.2, 0.25) is 0 Å². The van der Waals surface area contributed by atoms with E-state index in [-0.39, 0.29) is 49.9 Å². The molecule has 0 saturated carbocycles. The minimum Gasteiger partial charge on any atom is -0.481 e. The predicted octanol–water partition coefficient (Wildman–Crippen LogP) is 4.37. The highest BCUT2D eigenvalue weighted by molar-refractivity contribution is 5.92. The van der Waals surface area contributed by atoms with Crippen LogP contribution < -0.4 is 9.64 Å². The Morgan fingerprint density at radius 2 is 1.73 bits per heavy atom. The molecule has 2 saturated heterocycles. The number of ether oxygens (including phenoxy) is 1. The number of fused-ring (bicyclic) bond motifs is 1. The van der Waals surface area contributed by atoms with E-state index in [2.05, 4.69) is 15.0 Å². The van der Waals surface area contributed by atoms with Crippen LogP contribution in [0.25, 0.3) is 11.1 Å². The zero-order chi connectivity index (χ0) is 29.0. The summed E-state index contributed by atoms with van der Waals surface area (Å²) in [6.45, 7) is 0.974. The second-order valence-electron chi connectivity index (χ2n) is 10.7. The number of amides is 1. The number of hydrogen-bond acceptors (Lipinski definition) is 7. The predicted molar refractivity (Wildman–Crippen MR) is 137 cm³/mol. The van der Waals surface area contributed by atoms with Gasteiger partial charge >= 0.3 is 6.18 Å². The van der Waals surface area contributed by atoms with Crippen LogP contribution >= 0.6 is 0 Å². The Labute approximate surface area is 231 Å². The van der Waals surface area contributed by atoms with E-state index in [1.54, 1.807) is 40.1 Å². The number of rotatable bonds is 3. The maximum Gasteiger partial charge on any atom is 0.434 e. The van der Waals surface area contributed by atoms with Gasteiger partial charge in [0.15, 0.2) is 11.3 Å². The van der Waals surface area contributed by atoms with Crippen LogP contribution in [0.5, 0.6) is 5.75 Å². The Balaban J connectivity index is 1.15. The lowest BCUT2D eigenvalue weighted by atomic mass is 9.79. The number of carbonyl (C=O) groups is 1. The van der Waals surface area contributed by atoms with Crippen LogP contribution in [0.1, 0.15) is 41.0 Å². The first-order valence-corrected chi connectivity index (χ1v) is 13.2. The monoisotopic (exact) mass is 575 g/mol. The van der Waals surface area contributed by atoms with Crippen molar-refractivity contribution in [2.45, 2.75) is 49.5 Å². The number of aliphatic hydroxyl groups is 1. The standard InChI is InChI=1S/C28H26F5N5O3/c29-27(30)12-19-11-17(18-1-3-21(34-13-18)25(40)38-8-5-20(39)16-38)2-4-22(19)41-26(27)6-9-37(10-7-26)24-15-35-23(14-36-24)28(31,32)33/h1-4,11,13-15,20,39H,5-10,12,16H2. The molecule has 1 aromatic carbocycles. The highest BCUT2D eigenvalue weighted by atomic mass is 19.4. The number of nitrogens with zero attached hydrogens (tertiary/aromatic N) is 5. The molecule has 1 spiro atoms. The van der Waals surface area contributed by atoms with E-state index in [0.717, 1.165) is 6.20 Å². The average molecular weight is 576 g/mol. The molecule has 2 aromatic heterocycles. The zero-order valence-corrected chi connectivity index (χ0v) is 21.7. The third-order valence-electron chi connectivity index (χ3n) is 8.04. The normalized spacial score (nSPS) is 21.5. The second-order valence-corrected chi connectivity index (χ2v) is 10.7. The summed E-state index contributed by atoms with van der Waals surface area (Å²) in [5.74, 6) is -2.91. The molecule has 6 rings (SSSR count). The zero-order valence-electron chi connectivity index (χ0n) is 21.7. The van der Waals surface area contributed by atoms with Gasteiger partial charge in [-0.05, 0) is 30.2 Å². The molecule has 3 aliphatic rings. The van der Waals surface area contributed by atoms with Gasteiger partial charge in [-0.3, -0.25) is 9.78 Å². The van der Waals surface area contributed by atoms with Gasteiger partial charge in [0.1, 0.15) is 17.3 Å². The van der Waals surface area contributed by atoms with E-state index >= 15 is 8.78 Å². The third-order valence-corrected chi connectivity index (χ3v) is 8.04. The molecule has 0 radical (unpaired) electrons. The Bertz CT molecular complexity index is 1440. The van der Waals surface area contributed by atoms with E-state index in [1.165, 1.54) is 6.20 Å². The smallest absolute Gasteiger partial charge is 0.434 e. The minimum absolute atomic E-state index is 0.0443. The van der Waals surface area contributed by atoms with E-state index in [4.69, 9.17) is 4.74 Å². The molecule has 3 aliphatic heterocycles. The fourth-order valence-electron chi connectivity index (χ4n) is 5.66. The van der Waals surface area contributed by atoms with Crippen LogP contribution in [0.3, 0.4) is 0 Å². The molecule has 2 fully saturated rings. The topological polar surface area (TPSA) is 91.7 Å². The van der Waals surface area contributed by atoms with Crippen molar-refractivity contribution in [2.75, 3.05) is 31.1 Å². The van der Waals surface area contributed by atoms with E-state index in [0.29, 0.717) is 41.6 Å². The number of halogens is 5. The van der Waals surface area contributed by atoms with Crippen LogP contribution in [-0.2, 0) is 12.6 Å². The highest BCUT2D eigenvalue weighted by Gasteiger charge is 2.59. The van der Waals surface area contributed by atoms with Gasteiger partial charge in [-0.1, -0.05) is 12.1 Å². The summed E-state index contributed by atoms with van der Waals surface area (Å²) in [4.78, 5) is 27.3. The first kappa shape index (κ1) is 27.3. The molecule has 13 heteroatoms. The lowest BCUT2D eigenvalue weighted by Gasteiger charge is -2.48. The van der Waals surface area contributed by atoms with Crippen molar-refractivity contribution in [2.24, 2.45) is 0 Å². The van der Waals surface area contributed by atoms with Crippen molar-refractivity contribution < 1.29 is 36.6 Å². The summed E-state index contributed by atoms with van der Waals surface area (Å²) in [7, 11) is 0. The summed E-state index contributed by atoms with van der Waals surface area (Å²) >= 11 is 0. The van der Waals surface area contributed by atoms with Gasteiger partial charge in [0, 0.05) is 62.8 Å². The molecule has 216 valence electrons. The molecule has 3 aromatic rings. The maximum atomic E-state index is 15.6. The number of β-amino-alcohol motifs (C(OH)–C–C–N with tert-alkyl or cyclic N) is 1. The Morgan fingerprint density at radius 3 is 2.34 bits per heavy atom. The van der Waals surface area contributed by atoms with Crippen LogP contribution in [0, 0.1) is 0 Å². The van der Waals surface area contributed by atoms with Gasteiger partial charge in [-0.25, -0.2) is 18.7 Å². The van der Waals surface area contributed by atoms with E-state index < -0.39 is 35.9 Å². The highest BCUT2D eigenvalue weighted by Crippen LogP contribution is 2.49. The number of aliphatic hydroxyl groups excluding tert-OH is 1. The Morgan fingerprint density at radius 1 is 0.976 bits per heavy atom. The number of alkyl halides is 5. The quantitative estimate of drug-likeness (QED) is 0.464. The first-order valence-electron chi connectivity index (χ1n) is 13.2. The molecule has 41 heavy (non-hydrogen) atoms. The number of likely N-dealkylation sites (tertiary alicyclic amines) is 1. The number of aromatic nitrogens is 3. The van der Waals surface area contributed by atoms with Crippen molar-refractivity contribution >= 4 is 11.7 Å². The largest absolute Gasteiger partial charge is 0.481 e. The Kier molecular flexibility index (Phi) is 6.59. The molecule has 1 unspecified atom stereocenters. The molecule has 1 amide bonds. The first-order chi connectivity index (χ1) is 19.4. The summed E-state index contributed by atoms with van der Waals surface area (Å²) in [5.41, 5.74) is -0.967. The molecule has 0 bridgehead atoms. The van der Waals surface area contributed by atoms with Crippen LogP contribution in [0.15, 0.2) is 48.9 Å². The fraction of sp³-hybridized carbons (Fsp3) is 0.429. The molecule has 5 heterocycles. The SMILES string of the molecule is O=C(c1ccc(-c2ccc3c(c2)CC(F)(F)C2(CCN(c4cnc(C(F)(F)F)cn4)CC2)O3)cn1)N1CCC(O)C1. The number of anilines is 1. The molecule has 0 aliphatic carbocycles. The lowest BCUT2D eigenvalue weighted by Crippen LogP contribution is -2.61.